The highest BCUT2D eigenvalue weighted by Crippen LogP contribution is 2.32. The second-order valence-corrected chi connectivity index (χ2v) is 9.53. The number of nitrogens with one attached hydrogen (secondary N) is 2. The normalized spacial score (nSPS) is 17.2. The molecule has 0 saturated carbocycles. The summed E-state index contributed by atoms with van der Waals surface area (Å²) in [7, 11) is -3.79. The molecule has 0 fully saturated rings. The first-order chi connectivity index (χ1) is 11.8. The number of aryl methyl sites for hydroxylation is 3. The molecule has 1 heterocycles. The van der Waals surface area contributed by atoms with Gasteiger partial charge in [0.1, 0.15) is 0 Å². The number of hydrazine groups is 1. The van der Waals surface area contributed by atoms with Gasteiger partial charge in [-0.1, -0.05) is 13.0 Å². The molecular formula is C18H22N2O3S2. The number of rotatable bonds is 4. The van der Waals surface area contributed by atoms with Crippen LogP contribution in [0.1, 0.15) is 44.6 Å². The highest BCUT2D eigenvalue weighted by atomic mass is 32.2. The number of sulfonamides is 1. The van der Waals surface area contributed by atoms with Gasteiger partial charge in [0.25, 0.3) is 15.9 Å². The molecule has 134 valence electrons. The Kier molecular flexibility index (Phi) is 4.99. The highest BCUT2D eigenvalue weighted by Gasteiger charge is 2.22. The lowest BCUT2D eigenvalue weighted by molar-refractivity contribution is 0.0949. The van der Waals surface area contributed by atoms with E-state index in [0.717, 1.165) is 30.4 Å². The average Bonchev–Trinajstić information content (AvgIpc) is 2.98. The van der Waals surface area contributed by atoms with Crippen molar-refractivity contribution in [1.82, 2.24) is 10.3 Å². The van der Waals surface area contributed by atoms with Crippen molar-refractivity contribution in [3.05, 3.63) is 50.7 Å². The van der Waals surface area contributed by atoms with Crippen molar-refractivity contribution in [1.29, 1.82) is 0 Å². The predicted molar refractivity (Wildman–Crippen MR) is 99.2 cm³/mol. The Hall–Kier alpha value is -1.70. The number of carbonyl (C=O) groups is 1. The van der Waals surface area contributed by atoms with E-state index < -0.39 is 15.9 Å². The maximum atomic E-state index is 12.3. The third-order valence-electron chi connectivity index (χ3n) is 4.64. The number of thiophene rings is 1. The quantitative estimate of drug-likeness (QED) is 0.803. The Morgan fingerprint density at radius 3 is 2.68 bits per heavy atom. The standard InChI is InChI=1S/C18H22N2O3S2/c1-11-4-7-16-14(8-11)10-17(24-16)18(21)19-20-25(22,23)15-6-5-12(2)13(3)9-15/h5-6,9-11,20H,4,7-8H2,1-3H3,(H,19,21)/t11-/m1/s1. The third-order valence-corrected chi connectivity index (χ3v) is 7.12. The van der Waals surface area contributed by atoms with E-state index in [9.17, 15) is 13.2 Å². The third kappa shape index (κ3) is 3.94. The van der Waals surface area contributed by atoms with Gasteiger partial charge in [-0.05, 0) is 73.9 Å². The van der Waals surface area contributed by atoms with Crippen LogP contribution in [-0.4, -0.2) is 14.3 Å². The Morgan fingerprint density at radius 1 is 1.20 bits per heavy atom. The van der Waals surface area contributed by atoms with E-state index in [1.165, 1.54) is 27.8 Å². The van der Waals surface area contributed by atoms with Gasteiger partial charge in [-0.25, -0.2) is 8.42 Å². The minimum atomic E-state index is -3.79. The van der Waals surface area contributed by atoms with Crippen molar-refractivity contribution >= 4 is 27.3 Å². The monoisotopic (exact) mass is 378 g/mol. The van der Waals surface area contributed by atoms with Gasteiger partial charge in [-0.15, -0.1) is 16.2 Å². The minimum Gasteiger partial charge on any atom is -0.273 e. The summed E-state index contributed by atoms with van der Waals surface area (Å²) >= 11 is 1.45. The molecular weight excluding hydrogens is 356 g/mol. The molecule has 1 aliphatic carbocycles. The SMILES string of the molecule is Cc1ccc(S(=O)(=O)NNC(=O)c2cc3c(s2)CC[C@@H](C)C3)cc1C. The molecule has 25 heavy (non-hydrogen) atoms. The zero-order valence-electron chi connectivity index (χ0n) is 14.5. The zero-order chi connectivity index (χ0) is 18.2. The van der Waals surface area contributed by atoms with Crippen LogP contribution in [0.5, 0.6) is 0 Å². The molecule has 0 bridgehead atoms. The average molecular weight is 379 g/mol. The summed E-state index contributed by atoms with van der Waals surface area (Å²) in [5.74, 6) is 0.209. The molecule has 1 aromatic heterocycles. The van der Waals surface area contributed by atoms with Crippen molar-refractivity contribution in [2.45, 2.75) is 44.9 Å². The van der Waals surface area contributed by atoms with Crippen LogP contribution in [0.3, 0.4) is 0 Å². The first-order valence-electron chi connectivity index (χ1n) is 8.27. The molecule has 0 unspecified atom stereocenters. The minimum absolute atomic E-state index is 0.134. The lowest BCUT2D eigenvalue weighted by atomic mass is 9.90. The fourth-order valence-corrected chi connectivity index (χ4v) is 4.96. The lowest BCUT2D eigenvalue weighted by Crippen LogP contribution is -2.41. The summed E-state index contributed by atoms with van der Waals surface area (Å²) in [6, 6.07) is 6.76. The second kappa shape index (κ2) is 6.90. The molecule has 1 atom stereocenters. The molecule has 0 saturated heterocycles. The number of hydrogen-bond donors (Lipinski definition) is 2. The van der Waals surface area contributed by atoms with E-state index in [2.05, 4.69) is 17.2 Å². The fourth-order valence-electron chi connectivity index (χ4n) is 2.93. The fraction of sp³-hybridized carbons (Fsp3) is 0.389. The predicted octanol–water partition coefficient (Wildman–Crippen LogP) is 3.11. The summed E-state index contributed by atoms with van der Waals surface area (Å²) in [5, 5.41) is 0. The van der Waals surface area contributed by atoms with Crippen LogP contribution in [-0.2, 0) is 22.9 Å². The molecule has 3 rings (SSSR count). The van der Waals surface area contributed by atoms with Gasteiger partial charge in [0.15, 0.2) is 0 Å². The van der Waals surface area contributed by atoms with Crippen molar-refractivity contribution in [3.8, 4) is 0 Å². The van der Waals surface area contributed by atoms with Gasteiger partial charge in [0.2, 0.25) is 0 Å². The molecule has 2 aromatic rings. The van der Waals surface area contributed by atoms with Gasteiger partial charge in [-0.2, -0.15) is 0 Å². The Bertz CT molecular complexity index is 916. The van der Waals surface area contributed by atoms with Crippen molar-refractivity contribution in [2.24, 2.45) is 5.92 Å². The molecule has 7 heteroatoms. The van der Waals surface area contributed by atoms with E-state index in [-0.39, 0.29) is 4.90 Å². The molecule has 5 nitrogen and oxygen atoms in total. The maximum absolute atomic E-state index is 12.3. The van der Waals surface area contributed by atoms with Crippen LogP contribution in [0.2, 0.25) is 0 Å². The van der Waals surface area contributed by atoms with Crippen molar-refractivity contribution in [3.63, 3.8) is 0 Å². The van der Waals surface area contributed by atoms with Gasteiger partial charge < -0.3 is 0 Å². The summed E-state index contributed by atoms with van der Waals surface area (Å²) in [4.78, 5) is 16.4. The summed E-state index contributed by atoms with van der Waals surface area (Å²) in [6.45, 7) is 5.97. The lowest BCUT2D eigenvalue weighted by Gasteiger charge is -2.16. The highest BCUT2D eigenvalue weighted by molar-refractivity contribution is 7.89. The van der Waals surface area contributed by atoms with E-state index in [4.69, 9.17) is 0 Å². The Morgan fingerprint density at radius 2 is 1.96 bits per heavy atom. The first kappa shape index (κ1) is 18.1. The molecule has 0 spiro atoms. The second-order valence-electron chi connectivity index (χ2n) is 6.71. The van der Waals surface area contributed by atoms with Crippen molar-refractivity contribution in [2.75, 3.05) is 0 Å². The number of carbonyl (C=O) groups excluding carboxylic acids is 1. The summed E-state index contributed by atoms with van der Waals surface area (Å²) in [6.07, 6.45) is 3.10. The first-order valence-corrected chi connectivity index (χ1v) is 10.6. The van der Waals surface area contributed by atoms with Crippen LogP contribution in [0, 0.1) is 19.8 Å². The molecule has 0 radical (unpaired) electrons. The van der Waals surface area contributed by atoms with Gasteiger partial charge in [0, 0.05) is 4.88 Å². The van der Waals surface area contributed by atoms with Crippen LogP contribution < -0.4 is 10.3 Å². The molecule has 1 amide bonds. The number of fused-ring (bicyclic) bond motifs is 1. The van der Waals surface area contributed by atoms with Crippen LogP contribution >= 0.6 is 11.3 Å². The van der Waals surface area contributed by atoms with E-state index in [1.54, 1.807) is 12.1 Å². The maximum Gasteiger partial charge on any atom is 0.276 e. The number of hydrogen-bond acceptors (Lipinski definition) is 4. The zero-order valence-corrected chi connectivity index (χ0v) is 16.2. The molecule has 2 N–H and O–H groups in total. The number of benzene rings is 1. The van der Waals surface area contributed by atoms with E-state index in [0.29, 0.717) is 10.8 Å². The smallest absolute Gasteiger partial charge is 0.273 e. The molecule has 1 aromatic carbocycles. The van der Waals surface area contributed by atoms with Crippen LogP contribution in [0.25, 0.3) is 0 Å². The molecule has 1 aliphatic rings. The Labute approximate surface area is 152 Å². The summed E-state index contributed by atoms with van der Waals surface area (Å²) < 4.78 is 24.7. The molecule has 0 aliphatic heterocycles. The van der Waals surface area contributed by atoms with Crippen LogP contribution in [0.15, 0.2) is 29.2 Å². The Balaban J connectivity index is 1.70. The topological polar surface area (TPSA) is 75.3 Å². The number of amides is 1. The van der Waals surface area contributed by atoms with Gasteiger partial charge >= 0.3 is 0 Å². The summed E-state index contributed by atoms with van der Waals surface area (Å²) in [5.41, 5.74) is 5.44. The van der Waals surface area contributed by atoms with Gasteiger partial charge in [-0.3, -0.25) is 10.2 Å². The largest absolute Gasteiger partial charge is 0.276 e. The van der Waals surface area contributed by atoms with Gasteiger partial charge in [0.05, 0.1) is 9.77 Å². The van der Waals surface area contributed by atoms with E-state index in [1.807, 2.05) is 19.9 Å². The van der Waals surface area contributed by atoms with Crippen molar-refractivity contribution < 1.29 is 13.2 Å². The van der Waals surface area contributed by atoms with Crippen LogP contribution in [0.4, 0.5) is 0 Å². The van der Waals surface area contributed by atoms with E-state index >= 15 is 0 Å².